The molecule has 4 nitrogen and oxygen atoms in total. The average molecular weight is 302 g/mol. The maximum absolute atomic E-state index is 11.3. The van der Waals surface area contributed by atoms with Gasteiger partial charge in [0.25, 0.3) is 0 Å². The first-order valence-electron chi connectivity index (χ1n) is 7.10. The Hall–Kier alpha value is -1.72. The van der Waals surface area contributed by atoms with Gasteiger partial charge in [-0.15, -0.1) is 11.3 Å². The van der Waals surface area contributed by atoms with E-state index in [1.54, 1.807) is 0 Å². The van der Waals surface area contributed by atoms with Crippen molar-refractivity contribution in [3.63, 3.8) is 0 Å². The lowest BCUT2D eigenvalue weighted by molar-refractivity contribution is 0.0689. The van der Waals surface area contributed by atoms with Crippen LogP contribution in [-0.4, -0.2) is 16.1 Å². The molecule has 0 saturated carbocycles. The molecule has 0 bridgehead atoms. The van der Waals surface area contributed by atoms with E-state index in [1.165, 1.54) is 22.5 Å². The highest BCUT2D eigenvalue weighted by molar-refractivity contribution is 7.12. The van der Waals surface area contributed by atoms with E-state index in [2.05, 4.69) is 22.4 Å². The summed E-state index contributed by atoms with van der Waals surface area (Å²) in [6, 6.07) is 8.46. The van der Waals surface area contributed by atoms with Gasteiger partial charge in [-0.2, -0.15) is 0 Å². The van der Waals surface area contributed by atoms with Crippen molar-refractivity contribution in [2.45, 2.75) is 38.8 Å². The Morgan fingerprint density at radius 3 is 2.71 bits per heavy atom. The number of nitrogens with zero attached hydrogens (tertiary/aromatic N) is 1. The third kappa shape index (κ3) is 2.71. The van der Waals surface area contributed by atoms with Crippen molar-refractivity contribution in [1.29, 1.82) is 0 Å². The molecule has 1 aromatic carbocycles. The lowest BCUT2D eigenvalue weighted by Gasteiger charge is -2.24. The van der Waals surface area contributed by atoms with E-state index in [-0.39, 0.29) is 17.7 Å². The summed E-state index contributed by atoms with van der Waals surface area (Å²) in [7, 11) is 0. The standard InChI is InChI=1S/C16H18N2O2S/c1-9(2)14-13(16(19)20)18-15(21-14)12-7-10-5-3-4-6-11(10)8-17-12/h3-6,9,12,17H,7-8H2,1-2H3,(H,19,20)/t12-/m0/s1. The number of carboxylic acid groups (broad SMARTS) is 1. The molecule has 0 fully saturated rings. The zero-order chi connectivity index (χ0) is 15.0. The molecule has 2 heterocycles. The van der Waals surface area contributed by atoms with E-state index in [0.29, 0.717) is 0 Å². The highest BCUT2D eigenvalue weighted by atomic mass is 32.1. The Morgan fingerprint density at radius 2 is 2.10 bits per heavy atom. The highest BCUT2D eigenvalue weighted by Crippen LogP contribution is 2.33. The third-order valence-electron chi connectivity index (χ3n) is 3.78. The van der Waals surface area contributed by atoms with E-state index in [4.69, 9.17) is 0 Å². The molecular formula is C16H18N2O2S. The van der Waals surface area contributed by atoms with Crippen LogP contribution in [0.2, 0.25) is 0 Å². The van der Waals surface area contributed by atoms with Crippen LogP contribution in [0.1, 0.15) is 57.3 Å². The van der Waals surface area contributed by atoms with Gasteiger partial charge in [-0.25, -0.2) is 9.78 Å². The monoisotopic (exact) mass is 302 g/mol. The van der Waals surface area contributed by atoms with Crippen molar-refractivity contribution < 1.29 is 9.90 Å². The normalized spacial score (nSPS) is 17.8. The molecule has 0 unspecified atom stereocenters. The van der Waals surface area contributed by atoms with Crippen LogP contribution in [0.25, 0.3) is 0 Å². The minimum absolute atomic E-state index is 0.107. The SMILES string of the molecule is CC(C)c1sc([C@@H]2Cc3ccccc3CN2)nc1C(=O)O. The molecule has 5 heteroatoms. The minimum atomic E-state index is -0.933. The second kappa shape index (κ2) is 5.58. The molecule has 2 aromatic rings. The van der Waals surface area contributed by atoms with Gasteiger partial charge in [0.05, 0.1) is 6.04 Å². The summed E-state index contributed by atoms with van der Waals surface area (Å²) in [5.41, 5.74) is 2.85. The van der Waals surface area contributed by atoms with Gasteiger partial charge in [0.2, 0.25) is 0 Å². The van der Waals surface area contributed by atoms with Crippen LogP contribution in [0.3, 0.4) is 0 Å². The van der Waals surface area contributed by atoms with Crippen LogP contribution in [0.4, 0.5) is 0 Å². The average Bonchev–Trinajstić information content (AvgIpc) is 2.92. The Balaban J connectivity index is 1.92. The topological polar surface area (TPSA) is 62.2 Å². The number of rotatable bonds is 3. The van der Waals surface area contributed by atoms with Crippen molar-refractivity contribution in [1.82, 2.24) is 10.3 Å². The number of aromatic nitrogens is 1. The molecule has 1 aliphatic heterocycles. The molecule has 110 valence electrons. The zero-order valence-corrected chi connectivity index (χ0v) is 12.9. The first-order valence-corrected chi connectivity index (χ1v) is 7.92. The summed E-state index contributed by atoms with van der Waals surface area (Å²) in [5, 5.41) is 13.7. The number of benzene rings is 1. The van der Waals surface area contributed by atoms with Crippen molar-refractivity contribution in [2.75, 3.05) is 0 Å². The van der Waals surface area contributed by atoms with Gasteiger partial charge in [-0.05, 0) is 23.5 Å². The predicted molar refractivity (Wildman–Crippen MR) is 82.9 cm³/mol. The smallest absolute Gasteiger partial charge is 0.355 e. The Bertz CT molecular complexity index is 679. The Labute approximate surface area is 127 Å². The van der Waals surface area contributed by atoms with Crippen LogP contribution >= 0.6 is 11.3 Å². The largest absolute Gasteiger partial charge is 0.476 e. The second-order valence-electron chi connectivity index (χ2n) is 5.63. The molecule has 0 radical (unpaired) electrons. The molecule has 0 saturated heterocycles. The van der Waals surface area contributed by atoms with Crippen molar-refractivity contribution >= 4 is 17.3 Å². The number of hydrogen-bond donors (Lipinski definition) is 2. The lowest BCUT2D eigenvalue weighted by atomic mass is 9.96. The van der Waals surface area contributed by atoms with Gasteiger partial charge in [0, 0.05) is 11.4 Å². The maximum atomic E-state index is 11.3. The van der Waals surface area contributed by atoms with E-state index in [9.17, 15) is 9.90 Å². The van der Waals surface area contributed by atoms with Crippen LogP contribution in [0, 0.1) is 0 Å². The molecule has 0 spiro atoms. The van der Waals surface area contributed by atoms with E-state index in [0.717, 1.165) is 22.9 Å². The molecule has 0 amide bonds. The molecule has 1 atom stereocenters. The van der Waals surface area contributed by atoms with Gasteiger partial charge in [-0.1, -0.05) is 38.1 Å². The van der Waals surface area contributed by atoms with Crippen LogP contribution < -0.4 is 5.32 Å². The highest BCUT2D eigenvalue weighted by Gasteiger charge is 2.26. The minimum Gasteiger partial charge on any atom is -0.476 e. The Morgan fingerprint density at radius 1 is 1.38 bits per heavy atom. The van der Waals surface area contributed by atoms with Gasteiger partial charge >= 0.3 is 5.97 Å². The van der Waals surface area contributed by atoms with Gasteiger partial charge in [0.1, 0.15) is 5.01 Å². The third-order valence-corrected chi connectivity index (χ3v) is 5.25. The number of nitrogens with one attached hydrogen (secondary N) is 1. The maximum Gasteiger partial charge on any atom is 0.355 e. The van der Waals surface area contributed by atoms with Gasteiger partial charge in [0.15, 0.2) is 5.69 Å². The van der Waals surface area contributed by atoms with E-state index < -0.39 is 5.97 Å². The fraction of sp³-hybridized carbons (Fsp3) is 0.375. The fourth-order valence-corrected chi connectivity index (χ4v) is 3.81. The first-order chi connectivity index (χ1) is 10.1. The number of carboxylic acids is 1. The van der Waals surface area contributed by atoms with Gasteiger partial charge in [-0.3, -0.25) is 0 Å². The molecule has 21 heavy (non-hydrogen) atoms. The van der Waals surface area contributed by atoms with Crippen LogP contribution in [0.5, 0.6) is 0 Å². The number of hydrogen-bond acceptors (Lipinski definition) is 4. The molecule has 1 aromatic heterocycles. The number of fused-ring (bicyclic) bond motifs is 1. The zero-order valence-electron chi connectivity index (χ0n) is 12.1. The van der Waals surface area contributed by atoms with Crippen molar-refractivity contribution in [2.24, 2.45) is 0 Å². The summed E-state index contributed by atoms with van der Waals surface area (Å²) < 4.78 is 0. The van der Waals surface area contributed by atoms with Crippen molar-refractivity contribution in [3.8, 4) is 0 Å². The van der Waals surface area contributed by atoms with E-state index >= 15 is 0 Å². The molecule has 1 aliphatic rings. The summed E-state index contributed by atoms with van der Waals surface area (Å²) in [6.45, 7) is 4.82. The van der Waals surface area contributed by atoms with Crippen molar-refractivity contribution in [3.05, 3.63) is 51.0 Å². The second-order valence-corrected chi connectivity index (χ2v) is 6.69. The molecule has 3 rings (SSSR count). The number of aromatic carboxylic acids is 1. The summed E-state index contributed by atoms with van der Waals surface area (Å²) >= 11 is 1.52. The number of carbonyl (C=O) groups is 1. The fourth-order valence-electron chi connectivity index (χ4n) is 2.67. The molecule has 0 aliphatic carbocycles. The van der Waals surface area contributed by atoms with E-state index in [1.807, 2.05) is 26.0 Å². The summed E-state index contributed by atoms with van der Waals surface area (Å²) in [5.74, 6) is -0.754. The first kappa shape index (κ1) is 14.2. The molecule has 2 N–H and O–H groups in total. The predicted octanol–water partition coefficient (Wildman–Crippen LogP) is 3.35. The van der Waals surface area contributed by atoms with Crippen LogP contribution in [-0.2, 0) is 13.0 Å². The summed E-state index contributed by atoms with van der Waals surface area (Å²) in [6.07, 6.45) is 0.861. The van der Waals surface area contributed by atoms with Gasteiger partial charge < -0.3 is 10.4 Å². The van der Waals surface area contributed by atoms with Crippen LogP contribution in [0.15, 0.2) is 24.3 Å². The summed E-state index contributed by atoms with van der Waals surface area (Å²) in [4.78, 5) is 16.6. The Kier molecular flexibility index (Phi) is 3.78. The lowest BCUT2D eigenvalue weighted by Crippen LogP contribution is -2.28. The number of thiazole rings is 1. The quantitative estimate of drug-likeness (QED) is 0.912. The molecular weight excluding hydrogens is 284 g/mol.